The number of benzene rings is 1. The first-order valence-corrected chi connectivity index (χ1v) is 9.41. The second-order valence-electron chi connectivity index (χ2n) is 6.61. The highest BCUT2D eigenvalue weighted by molar-refractivity contribution is 5.79. The van der Waals surface area contributed by atoms with Gasteiger partial charge < -0.3 is 14.5 Å². The highest BCUT2D eigenvalue weighted by Gasteiger charge is 2.20. The summed E-state index contributed by atoms with van der Waals surface area (Å²) in [5.74, 6) is 1.61. The third-order valence-electron chi connectivity index (χ3n) is 4.71. The van der Waals surface area contributed by atoms with Gasteiger partial charge in [-0.25, -0.2) is 4.98 Å². The molecule has 0 spiro atoms. The Bertz CT molecular complexity index is 808. The number of hydrogen-bond donors (Lipinski definition) is 0. The molecule has 1 fully saturated rings. The second kappa shape index (κ2) is 9.16. The lowest BCUT2D eigenvalue weighted by Gasteiger charge is -2.23. The van der Waals surface area contributed by atoms with Crippen LogP contribution >= 0.6 is 0 Å². The van der Waals surface area contributed by atoms with Crippen molar-refractivity contribution < 1.29 is 14.5 Å². The van der Waals surface area contributed by atoms with E-state index in [0.29, 0.717) is 38.5 Å². The van der Waals surface area contributed by atoms with Gasteiger partial charge in [-0.15, -0.1) is 0 Å². The van der Waals surface area contributed by atoms with Crippen LogP contribution in [0, 0.1) is 10.1 Å². The number of hydrogen-bond acceptors (Lipinski definition) is 6. The Morgan fingerprint density at radius 3 is 2.57 bits per heavy atom. The van der Waals surface area contributed by atoms with Crippen molar-refractivity contribution in [2.75, 3.05) is 37.7 Å². The van der Waals surface area contributed by atoms with Gasteiger partial charge in [0.25, 0.3) is 5.69 Å². The van der Waals surface area contributed by atoms with Crippen molar-refractivity contribution in [3.05, 3.63) is 58.3 Å². The van der Waals surface area contributed by atoms with Crippen LogP contribution in [0.4, 0.5) is 11.5 Å². The Morgan fingerprint density at radius 1 is 1.14 bits per heavy atom. The summed E-state index contributed by atoms with van der Waals surface area (Å²) in [6.07, 6.45) is 2.46. The number of aromatic nitrogens is 1. The summed E-state index contributed by atoms with van der Waals surface area (Å²) in [5.41, 5.74) is 0.942. The van der Waals surface area contributed by atoms with Crippen LogP contribution < -0.4 is 9.64 Å². The number of amides is 1. The van der Waals surface area contributed by atoms with E-state index in [4.69, 9.17) is 4.74 Å². The van der Waals surface area contributed by atoms with Crippen molar-refractivity contribution in [3.63, 3.8) is 0 Å². The van der Waals surface area contributed by atoms with Crippen LogP contribution in [-0.4, -0.2) is 53.5 Å². The number of carbonyl (C=O) groups excluding carboxylic acids is 1. The van der Waals surface area contributed by atoms with Crippen molar-refractivity contribution in [1.29, 1.82) is 0 Å². The normalized spacial score (nSPS) is 14.5. The predicted octanol–water partition coefficient (Wildman–Crippen LogP) is 2.67. The smallest absolute Gasteiger partial charge is 0.287 e. The van der Waals surface area contributed by atoms with E-state index in [9.17, 15) is 14.9 Å². The number of rotatable bonds is 6. The molecule has 2 aromatic rings. The Balaban J connectivity index is 1.56. The second-order valence-corrected chi connectivity index (χ2v) is 6.61. The zero-order valence-electron chi connectivity index (χ0n) is 15.9. The monoisotopic (exact) mass is 384 g/mol. The van der Waals surface area contributed by atoms with Gasteiger partial charge in [0, 0.05) is 32.2 Å². The van der Waals surface area contributed by atoms with E-state index in [0.717, 1.165) is 24.3 Å². The van der Waals surface area contributed by atoms with E-state index in [1.165, 1.54) is 12.3 Å². The number of carbonyl (C=O) groups is 1. The fraction of sp³-hybridized carbons (Fsp3) is 0.400. The lowest BCUT2D eigenvalue weighted by atomic mass is 10.1. The molecule has 1 aliphatic rings. The Hall–Kier alpha value is -3.16. The zero-order chi connectivity index (χ0) is 19.9. The van der Waals surface area contributed by atoms with Crippen LogP contribution in [0.3, 0.4) is 0 Å². The van der Waals surface area contributed by atoms with E-state index in [2.05, 4.69) is 9.88 Å². The van der Waals surface area contributed by atoms with Crippen LogP contribution in [0.15, 0.2) is 42.6 Å². The molecule has 1 aromatic heterocycles. The summed E-state index contributed by atoms with van der Waals surface area (Å²) in [6.45, 7) is 5.27. The molecule has 28 heavy (non-hydrogen) atoms. The minimum Gasteiger partial charge on any atom is -0.494 e. The molecule has 0 atom stereocenters. The van der Waals surface area contributed by atoms with Gasteiger partial charge in [0.15, 0.2) is 0 Å². The highest BCUT2D eigenvalue weighted by atomic mass is 16.6. The van der Waals surface area contributed by atoms with Crippen molar-refractivity contribution in [3.8, 4) is 5.75 Å². The Kier molecular flexibility index (Phi) is 6.41. The molecule has 1 saturated heterocycles. The average Bonchev–Trinajstić information content (AvgIpc) is 2.96. The van der Waals surface area contributed by atoms with Gasteiger partial charge in [0.05, 0.1) is 18.0 Å². The largest absolute Gasteiger partial charge is 0.494 e. The Labute approximate surface area is 163 Å². The molecule has 0 N–H and O–H groups in total. The minimum atomic E-state index is -0.458. The molecule has 0 saturated carbocycles. The van der Waals surface area contributed by atoms with Gasteiger partial charge in [-0.1, -0.05) is 12.1 Å². The molecule has 0 radical (unpaired) electrons. The van der Waals surface area contributed by atoms with Gasteiger partial charge >= 0.3 is 0 Å². The first-order valence-electron chi connectivity index (χ1n) is 9.41. The summed E-state index contributed by atoms with van der Waals surface area (Å²) in [5, 5.41) is 10.8. The number of pyridine rings is 1. The first-order chi connectivity index (χ1) is 13.6. The third kappa shape index (κ3) is 4.97. The van der Waals surface area contributed by atoms with Crippen molar-refractivity contribution in [2.24, 2.45) is 0 Å². The predicted molar refractivity (Wildman–Crippen MR) is 106 cm³/mol. The molecule has 2 heterocycles. The Morgan fingerprint density at radius 2 is 1.93 bits per heavy atom. The maximum absolute atomic E-state index is 12.7. The number of nitrogens with zero attached hydrogens (tertiary/aromatic N) is 4. The topological polar surface area (TPSA) is 88.8 Å². The first kappa shape index (κ1) is 19.6. The maximum Gasteiger partial charge on any atom is 0.287 e. The average molecular weight is 384 g/mol. The van der Waals surface area contributed by atoms with Crippen LogP contribution in [0.1, 0.15) is 18.9 Å². The summed E-state index contributed by atoms with van der Waals surface area (Å²) in [7, 11) is 0. The summed E-state index contributed by atoms with van der Waals surface area (Å²) >= 11 is 0. The molecular weight excluding hydrogens is 360 g/mol. The lowest BCUT2D eigenvalue weighted by Crippen LogP contribution is -2.36. The van der Waals surface area contributed by atoms with Crippen molar-refractivity contribution >= 4 is 17.4 Å². The molecule has 8 heteroatoms. The molecule has 3 rings (SSSR count). The number of nitro groups is 1. The minimum absolute atomic E-state index is 0.0225. The van der Waals surface area contributed by atoms with Crippen molar-refractivity contribution in [1.82, 2.24) is 9.88 Å². The molecule has 1 aromatic carbocycles. The molecule has 1 amide bonds. The van der Waals surface area contributed by atoms with E-state index < -0.39 is 4.92 Å². The quantitative estimate of drug-likeness (QED) is 0.562. The molecule has 148 valence electrons. The molecule has 8 nitrogen and oxygen atoms in total. The van der Waals surface area contributed by atoms with Gasteiger partial charge in [0.2, 0.25) is 5.91 Å². The molecule has 0 unspecified atom stereocenters. The van der Waals surface area contributed by atoms with Crippen LogP contribution in [0.25, 0.3) is 0 Å². The van der Waals surface area contributed by atoms with Gasteiger partial charge in [-0.2, -0.15) is 0 Å². The molecule has 0 bridgehead atoms. The SMILES string of the molecule is CCOc1ccc(CC(=O)N2CCCN(c3ccc([N+](=O)[O-])cn3)CC2)cc1. The lowest BCUT2D eigenvalue weighted by molar-refractivity contribution is -0.385. The number of ether oxygens (including phenoxy) is 1. The zero-order valence-corrected chi connectivity index (χ0v) is 15.9. The van der Waals surface area contributed by atoms with Crippen LogP contribution in [-0.2, 0) is 11.2 Å². The third-order valence-corrected chi connectivity index (χ3v) is 4.71. The summed E-state index contributed by atoms with van der Waals surface area (Å²) < 4.78 is 5.43. The fourth-order valence-electron chi connectivity index (χ4n) is 3.23. The van der Waals surface area contributed by atoms with E-state index >= 15 is 0 Å². The summed E-state index contributed by atoms with van der Waals surface area (Å²) in [6, 6.07) is 10.7. The standard InChI is InChI=1S/C20H24N4O4/c1-2-28-18-7-4-16(5-8-18)14-20(25)23-11-3-10-22(12-13-23)19-9-6-17(15-21-19)24(26)27/h4-9,15H,2-3,10-14H2,1H3. The van der Waals surface area contributed by atoms with Crippen LogP contribution in [0.5, 0.6) is 5.75 Å². The molecule has 1 aliphatic heterocycles. The van der Waals surface area contributed by atoms with E-state index in [1.807, 2.05) is 36.1 Å². The van der Waals surface area contributed by atoms with Gasteiger partial charge in [0.1, 0.15) is 17.8 Å². The number of anilines is 1. The van der Waals surface area contributed by atoms with Gasteiger partial charge in [-0.05, 0) is 37.1 Å². The highest BCUT2D eigenvalue weighted by Crippen LogP contribution is 2.18. The van der Waals surface area contributed by atoms with E-state index in [-0.39, 0.29) is 11.6 Å². The fourth-order valence-corrected chi connectivity index (χ4v) is 3.23. The summed E-state index contributed by atoms with van der Waals surface area (Å²) in [4.78, 5) is 31.1. The van der Waals surface area contributed by atoms with Crippen molar-refractivity contribution in [2.45, 2.75) is 19.8 Å². The maximum atomic E-state index is 12.7. The van der Waals surface area contributed by atoms with Crippen LogP contribution in [0.2, 0.25) is 0 Å². The molecule has 0 aliphatic carbocycles. The van der Waals surface area contributed by atoms with Gasteiger partial charge in [-0.3, -0.25) is 14.9 Å². The van der Waals surface area contributed by atoms with E-state index in [1.54, 1.807) is 6.07 Å². The molecular formula is C20H24N4O4.